The van der Waals surface area contributed by atoms with Gasteiger partial charge in [-0.1, -0.05) is 25.4 Å². The minimum absolute atomic E-state index is 0. The standard InChI is InChI=1S/C15H22ClFN2O2.ClH/c1-4-15(5-2,9-18)19-14(20)10(3)21-13-7-6-11(17)8-12(13)16;/h6-8,10H,4-5,9,18H2,1-3H3,(H,19,20);1H. The Hall–Kier alpha value is -1.04. The number of hydrogen-bond acceptors (Lipinski definition) is 3. The molecule has 126 valence electrons. The van der Waals surface area contributed by atoms with Crippen LogP contribution in [0, 0.1) is 5.82 Å². The molecule has 0 aromatic heterocycles. The molecule has 1 aromatic rings. The Kier molecular flexibility index (Phi) is 8.74. The highest BCUT2D eigenvalue weighted by atomic mass is 35.5. The van der Waals surface area contributed by atoms with Gasteiger partial charge in [0.15, 0.2) is 6.10 Å². The van der Waals surface area contributed by atoms with Crippen molar-refractivity contribution in [2.75, 3.05) is 6.54 Å². The molecule has 0 saturated carbocycles. The normalized spacial score (nSPS) is 12.3. The summed E-state index contributed by atoms with van der Waals surface area (Å²) in [6.07, 6.45) is 0.711. The molecule has 0 saturated heterocycles. The molecule has 3 N–H and O–H groups in total. The molecule has 1 amide bonds. The van der Waals surface area contributed by atoms with Gasteiger partial charge < -0.3 is 15.8 Å². The van der Waals surface area contributed by atoms with E-state index in [2.05, 4.69) is 5.32 Å². The number of carbonyl (C=O) groups is 1. The zero-order valence-corrected chi connectivity index (χ0v) is 14.6. The highest BCUT2D eigenvalue weighted by Crippen LogP contribution is 2.26. The fraction of sp³-hybridized carbons (Fsp3) is 0.533. The van der Waals surface area contributed by atoms with Crippen molar-refractivity contribution in [2.24, 2.45) is 5.73 Å². The molecular weight excluding hydrogens is 330 g/mol. The van der Waals surface area contributed by atoms with Crippen molar-refractivity contribution in [1.29, 1.82) is 0 Å². The lowest BCUT2D eigenvalue weighted by molar-refractivity contribution is -0.129. The van der Waals surface area contributed by atoms with Crippen molar-refractivity contribution >= 4 is 29.9 Å². The van der Waals surface area contributed by atoms with Crippen molar-refractivity contribution in [2.45, 2.75) is 45.3 Å². The minimum Gasteiger partial charge on any atom is -0.479 e. The Balaban J connectivity index is 0.00000441. The molecule has 0 spiro atoms. The van der Waals surface area contributed by atoms with Crippen molar-refractivity contribution < 1.29 is 13.9 Å². The first-order valence-corrected chi connectivity index (χ1v) is 7.39. The molecule has 0 bridgehead atoms. The summed E-state index contributed by atoms with van der Waals surface area (Å²) in [6.45, 7) is 5.91. The van der Waals surface area contributed by atoms with Gasteiger partial charge in [0.05, 0.1) is 10.6 Å². The summed E-state index contributed by atoms with van der Waals surface area (Å²) in [5.41, 5.74) is 5.32. The average molecular weight is 353 g/mol. The van der Waals surface area contributed by atoms with Gasteiger partial charge in [0.2, 0.25) is 0 Å². The smallest absolute Gasteiger partial charge is 0.261 e. The van der Waals surface area contributed by atoms with Gasteiger partial charge in [0.1, 0.15) is 11.6 Å². The summed E-state index contributed by atoms with van der Waals surface area (Å²) in [7, 11) is 0. The zero-order chi connectivity index (χ0) is 16.0. The van der Waals surface area contributed by atoms with E-state index < -0.39 is 17.5 Å². The molecule has 0 aliphatic carbocycles. The Bertz CT molecular complexity index is 488. The van der Waals surface area contributed by atoms with Gasteiger partial charge in [0.25, 0.3) is 5.91 Å². The third-order valence-electron chi connectivity index (χ3n) is 3.70. The first kappa shape index (κ1) is 21.0. The highest BCUT2D eigenvalue weighted by Gasteiger charge is 2.29. The number of ether oxygens (including phenoxy) is 1. The maximum Gasteiger partial charge on any atom is 0.261 e. The van der Waals surface area contributed by atoms with E-state index in [1.165, 1.54) is 12.1 Å². The zero-order valence-electron chi connectivity index (χ0n) is 13.0. The van der Waals surface area contributed by atoms with Crippen LogP contribution >= 0.6 is 24.0 Å². The average Bonchev–Trinajstić information content (AvgIpc) is 2.47. The molecule has 1 aromatic carbocycles. The largest absolute Gasteiger partial charge is 0.479 e. The molecule has 7 heteroatoms. The molecule has 0 heterocycles. The van der Waals surface area contributed by atoms with E-state index in [1.54, 1.807) is 6.92 Å². The molecule has 0 aliphatic rings. The van der Waals surface area contributed by atoms with Crippen LogP contribution in [0.4, 0.5) is 4.39 Å². The van der Waals surface area contributed by atoms with Gasteiger partial charge in [-0.05, 0) is 38.0 Å². The predicted molar refractivity (Wildman–Crippen MR) is 89.3 cm³/mol. The van der Waals surface area contributed by atoms with Crippen LogP contribution in [0.15, 0.2) is 18.2 Å². The Morgan fingerprint density at radius 3 is 2.50 bits per heavy atom. The molecule has 0 radical (unpaired) electrons. The molecule has 1 unspecified atom stereocenters. The molecule has 1 rings (SSSR count). The van der Waals surface area contributed by atoms with Crippen LogP contribution in [-0.2, 0) is 4.79 Å². The van der Waals surface area contributed by atoms with Gasteiger partial charge >= 0.3 is 0 Å². The minimum atomic E-state index is -0.753. The van der Waals surface area contributed by atoms with Crippen molar-refractivity contribution in [3.8, 4) is 5.75 Å². The number of nitrogens with two attached hydrogens (primary N) is 1. The Labute approximate surface area is 142 Å². The monoisotopic (exact) mass is 352 g/mol. The summed E-state index contributed by atoms with van der Waals surface area (Å²) in [5.74, 6) is -0.458. The number of carbonyl (C=O) groups excluding carboxylic acids is 1. The second-order valence-electron chi connectivity index (χ2n) is 5.02. The van der Waals surface area contributed by atoms with Crippen molar-refractivity contribution in [1.82, 2.24) is 5.32 Å². The third kappa shape index (κ3) is 5.30. The first-order chi connectivity index (χ1) is 9.87. The Morgan fingerprint density at radius 2 is 2.05 bits per heavy atom. The van der Waals surface area contributed by atoms with E-state index >= 15 is 0 Å². The van der Waals surface area contributed by atoms with Gasteiger partial charge in [-0.15, -0.1) is 12.4 Å². The van der Waals surface area contributed by atoms with E-state index in [1.807, 2.05) is 13.8 Å². The predicted octanol–water partition coefficient (Wildman–Crippen LogP) is 3.30. The number of halogens is 3. The molecule has 0 fully saturated rings. The van der Waals surface area contributed by atoms with Crippen LogP contribution < -0.4 is 15.8 Å². The Morgan fingerprint density at radius 1 is 1.45 bits per heavy atom. The van der Waals surface area contributed by atoms with Gasteiger partial charge in [-0.3, -0.25) is 4.79 Å². The highest BCUT2D eigenvalue weighted by molar-refractivity contribution is 6.32. The van der Waals surface area contributed by atoms with Crippen LogP contribution in [0.5, 0.6) is 5.75 Å². The van der Waals surface area contributed by atoms with Gasteiger partial charge in [-0.25, -0.2) is 4.39 Å². The van der Waals surface area contributed by atoms with Crippen molar-refractivity contribution in [3.05, 3.63) is 29.0 Å². The van der Waals surface area contributed by atoms with Gasteiger partial charge in [-0.2, -0.15) is 0 Å². The molecular formula is C15H23Cl2FN2O2. The van der Waals surface area contributed by atoms with E-state index in [0.717, 1.165) is 18.9 Å². The summed E-state index contributed by atoms with van der Waals surface area (Å²) in [5, 5.41) is 3.05. The quantitative estimate of drug-likeness (QED) is 0.791. The summed E-state index contributed by atoms with van der Waals surface area (Å²) < 4.78 is 18.5. The second-order valence-corrected chi connectivity index (χ2v) is 5.42. The fourth-order valence-corrected chi connectivity index (χ4v) is 2.16. The number of benzene rings is 1. The van der Waals surface area contributed by atoms with Gasteiger partial charge in [0, 0.05) is 6.54 Å². The molecule has 22 heavy (non-hydrogen) atoms. The van der Waals surface area contributed by atoms with Crippen LogP contribution in [-0.4, -0.2) is 24.1 Å². The van der Waals surface area contributed by atoms with Crippen molar-refractivity contribution in [3.63, 3.8) is 0 Å². The summed E-state index contributed by atoms with van der Waals surface area (Å²) >= 11 is 5.88. The number of rotatable bonds is 7. The molecule has 4 nitrogen and oxygen atoms in total. The molecule has 0 aliphatic heterocycles. The van der Waals surface area contributed by atoms with Crippen LogP contribution in [0.25, 0.3) is 0 Å². The van der Waals surface area contributed by atoms with E-state index in [9.17, 15) is 9.18 Å². The van der Waals surface area contributed by atoms with Crippen LogP contribution in [0.1, 0.15) is 33.6 Å². The topological polar surface area (TPSA) is 64.3 Å². The number of amides is 1. The fourth-order valence-electron chi connectivity index (χ4n) is 1.94. The lowest BCUT2D eigenvalue weighted by atomic mass is 9.92. The van der Waals surface area contributed by atoms with E-state index in [-0.39, 0.29) is 29.1 Å². The maximum absolute atomic E-state index is 13.0. The second kappa shape index (κ2) is 9.18. The maximum atomic E-state index is 13.0. The summed E-state index contributed by atoms with van der Waals surface area (Å²) in [6, 6.07) is 3.77. The lowest BCUT2D eigenvalue weighted by Gasteiger charge is -2.32. The SMILES string of the molecule is CCC(CC)(CN)NC(=O)C(C)Oc1ccc(F)cc1Cl.Cl. The van der Waals surface area contributed by atoms with E-state index in [4.69, 9.17) is 22.1 Å². The molecule has 1 atom stereocenters. The number of hydrogen-bond donors (Lipinski definition) is 2. The van der Waals surface area contributed by atoms with E-state index in [0.29, 0.717) is 6.54 Å². The van der Waals surface area contributed by atoms with Crippen LogP contribution in [0.2, 0.25) is 5.02 Å². The lowest BCUT2D eigenvalue weighted by Crippen LogP contribution is -2.55. The van der Waals surface area contributed by atoms with Crippen LogP contribution in [0.3, 0.4) is 0 Å². The third-order valence-corrected chi connectivity index (χ3v) is 3.99. The summed E-state index contributed by atoms with van der Waals surface area (Å²) in [4.78, 5) is 12.2. The first-order valence-electron chi connectivity index (χ1n) is 7.01. The number of nitrogens with one attached hydrogen (secondary N) is 1.